The number of fused-ring (bicyclic) bond motifs is 3. The number of nitrogens with zero attached hydrogens (tertiary/aromatic N) is 1. The second-order valence-corrected chi connectivity index (χ2v) is 15.6. The molecule has 62 heavy (non-hydrogen) atoms. The average molecular weight is 792 g/mol. The van der Waals surface area contributed by atoms with Crippen LogP contribution in [0.25, 0.3) is 88.7 Å². The molecule has 0 amide bonds. The lowest BCUT2D eigenvalue weighted by atomic mass is 9.88. The molecule has 10 aromatic carbocycles. The van der Waals surface area contributed by atoms with Gasteiger partial charge in [0.25, 0.3) is 0 Å². The molecule has 2 nitrogen and oxygen atoms in total. The summed E-state index contributed by atoms with van der Waals surface area (Å²) in [4.78, 5) is 2.39. The predicted octanol–water partition coefficient (Wildman–Crippen LogP) is 17.1. The van der Waals surface area contributed by atoms with Gasteiger partial charge in [-0.15, -0.1) is 0 Å². The smallest absolute Gasteiger partial charge is 0.143 e. The van der Waals surface area contributed by atoms with Crippen LogP contribution in [0.15, 0.2) is 253 Å². The molecule has 1 aromatic heterocycles. The molecule has 0 radical (unpaired) electrons. The van der Waals surface area contributed by atoms with E-state index in [4.69, 9.17) is 4.42 Å². The van der Waals surface area contributed by atoms with Crippen LogP contribution in [-0.4, -0.2) is 0 Å². The van der Waals surface area contributed by atoms with Crippen LogP contribution in [0, 0.1) is 0 Å². The van der Waals surface area contributed by atoms with Crippen LogP contribution in [0.1, 0.15) is 0 Å². The zero-order chi connectivity index (χ0) is 41.2. The van der Waals surface area contributed by atoms with Crippen molar-refractivity contribution in [1.29, 1.82) is 0 Å². The Hall–Kier alpha value is -8.20. The highest BCUT2D eigenvalue weighted by Gasteiger charge is 2.21. The van der Waals surface area contributed by atoms with Crippen molar-refractivity contribution in [3.8, 4) is 66.8 Å². The Morgan fingerprint density at radius 2 is 0.629 bits per heavy atom. The molecular weight excluding hydrogens is 751 g/mol. The van der Waals surface area contributed by atoms with Gasteiger partial charge in [0.2, 0.25) is 0 Å². The lowest BCUT2D eigenvalue weighted by Crippen LogP contribution is -2.11. The highest BCUT2D eigenvalue weighted by molar-refractivity contribution is 6.09. The summed E-state index contributed by atoms with van der Waals surface area (Å²) in [6.07, 6.45) is 0. The molecule has 0 aliphatic heterocycles. The van der Waals surface area contributed by atoms with Crippen LogP contribution in [-0.2, 0) is 0 Å². The highest BCUT2D eigenvalue weighted by Crippen LogP contribution is 2.46. The molecule has 0 bridgehead atoms. The van der Waals surface area contributed by atoms with Crippen molar-refractivity contribution < 1.29 is 4.42 Å². The quantitative estimate of drug-likeness (QED) is 0.145. The van der Waals surface area contributed by atoms with Crippen LogP contribution < -0.4 is 4.90 Å². The van der Waals surface area contributed by atoms with Crippen molar-refractivity contribution in [2.24, 2.45) is 0 Å². The molecule has 0 saturated carbocycles. The Morgan fingerprint density at radius 3 is 1.26 bits per heavy atom. The van der Waals surface area contributed by atoms with Gasteiger partial charge in [-0.1, -0.05) is 212 Å². The zero-order valence-electron chi connectivity index (χ0n) is 34.0. The molecular formula is C60H41NO. The van der Waals surface area contributed by atoms with Crippen molar-refractivity contribution in [2.75, 3.05) is 4.90 Å². The van der Waals surface area contributed by atoms with Gasteiger partial charge in [-0.25, -0.2) is 0 Å². The summed E-state index contributed by atoms with van der Waals surface area (Å²) in [5.74, 6) is 0. The molecule has 1 heterocycles. The number of anilines is 3. The summed E-state index contributed by atoms with van der Waals surface area (Å²) in [7, 11) is 0. The predicted molar refractivity (Wildman–Crippen MR) is 261 cm³/mol. The first-order chi connectivity index (χ1) is 30.8. The lowest BCUT2D eigenvalue weighted by Gasteiger charge is -2.29. The topological polar surface area (TPSA) is 16.4 Å². The largest absolute Gasteiger partial charge is 0.455 e. The van der Waals surface area contributed by atoms with Gasteiger partial charge in [0, 0.05) is 33.3 Å². The molecule has 11 rings (SSSR count). The SMILES string of the molecule is c1ccc(-c2ccc(-c3ccccc3-c3ccccc3-c3ccccc3N(c3ccc(-c4ccccc4)cc3)c3ccc(-c4cccc5c4oc4ccccc45)cc3)cc2)cc1. The standard InChI is InChI=1S/C60H41NO/c1-3-16-42(17-4-1)44-30-32-46(33-31-44)50-20-7-8-21-52(50)53-22-9-10-23-54(53)55-24-11-13-28-58(55)61(48-38-34-45(35-39-48)43-18-5-2-6-19-43)49-40-36-47(37-41-49)51-26-15-27-57-56-25-12-14-29-59(56)62-60(51)57/h1-41H. The van der Waals surface area contributed by atoms with E-state index in [2.05, 4.69) is 241 Å². The molecule has 0 aliphatic rings. The first-order valence-corrected chi connectivity index (χ1v) is 21.2. The normalized spacial score (nSPS) is 11.2. The van der Waals surface area contributed by atoms with Gasteiger partial charge in [-0.05, 0) is 92.0 Å². The van der Waals surface area contributed by atoms with Crippen molar-refractivity contribution in [2.45, 2.75) is 0 Å². The highest BCUT2D eigenvalue weighted by atomic mass is 16.3. The summed E-state index contributed by atoms with van der Waals surface area (Å²) >= 11 is 0. The average Bonchev–Trinajstić information content (AvgIpc) is 3.75. The Morgan fingerprint density at radius 1 is 0.242 bits per heavy atom. The third kappa shape index (κ3) is 6.84. The van der Waals surface area contributed by atoms with E-state index >= 15 is 0 Å². The van der Waals surface area contributed by atoms with Gasteiger partial charge >= 0.3 is 0 Å². The van der Waals surface area contributed by atoms with E-state index in [0.29, 0.717) is 0 Å². The van der Waals surface area contributed by atoms with Gasteiger partial charge in [-0.3, -0.25) is 0 Å². The number of rotatable bonds is 9. The third-order valence-electron chi connectivity index (χ3n) is 12.0. The number of benzene rings is 10. The van der Waals surface area contributed by atoms with Crippen LogP contribution >= 0.6 is 0 Å². The molecule has 2 heteroatoms. The number of para-hydroxylation sites is 3. The van der Waals surface area contributed by atoms with E-state index in [1.807, 2.05) is 12.1 Å². The van der Waals surface area contributed by atoms with Gasteiger partial charge in [0.05, 0.1) is 5.69 Å². The first-order valence-electron chi connectivity index (χ1n) is 21.2. The first kappa shape index (κ1) is 36.8. The van der Waals surface area contributed by atoms with Gasteiger partial charge < -0.3 is 9.32 Å². The Labute approximate surface area is 362 Å². The maximum atomic E-state index is 6.46. The molecule has 0 N–H and O–H groups in total. The lowest BCUT2D eigenvalue weighted by molar-refractivity contribution is 0.670. The second kappa shape index (κ2) is 16.1. The molecule has 0 aliphatic carbocycles. The molecule has 292 valence electrons. The monoisotopic (exact) mass is 791 g/mol. The molecule has 0 unspecified atom stereocenters. The fourth-order valence-corrected chi connectivity index (χ4v) is 8.92. The molecule has 0 atom stereocenters. The van der Waals surface area contributed by atoms with E-state index in [1.165, 1.54) is 44.5 Å². The van der Waals surface area contributed by atoms with Crippen molar-refractivity contribution in [3.05, 3.63) is 249 Å². The summed E-state index contributed by atoms with van der Waals surface area (Å²) in [6, 6.07) is 89.0. The molecule has 11 aromatic rings. The Kier molecular flexibility index (Phi) is 9.57. The minimum Gasteiger partial charge on any atom is -0.455 e. The zero-order valence-corrected chi connectivity index (χ0v) is 34.0. The van der Waals surface area contributed by atoms with Gasteiger partial charge in [0.15, 0.2) is 0 Å². The van der Waals surface area contributed by atoms with Crippen LogP contribution in [0.4, 0.5) is 17.1 Å². The summed E-state index contributed by atoms with van der Waals surface area (Å²) in [5.41, 5.74) is 19.0. The van der Waals surface area contributed by atoms with Crippen LogP contribution in [0.5, 0.6) is 0 Å². The number of hydrogen-bond acceptors (Lipinski definition) is 2. The van der Waals surface area contributed by atoms with E-state index in [1.54, 1.807) is 0 Å². The fourth-order valence-electron chi connectivity index (χ4n) is 8.92. The summed E-state index contributed by atoms with van der Waals surface area (Å²) in [6.45, 7) is 0. The van der Waals surface area contributed by atoms with Crippen molar-refractivity contribution in [1.82, 2.24) is 0 Å². The summed E-state index contributed by atoms with van der Waals surface area (Å²) in [5, 5.41) is 2.26. The van der Waals surface area contributed by atoms with Crippen molar-refractivity contribution in [3.63, 3.8) is 0 Å². The van der Waals surface area contributed by atoms with E-state index in [0.717, 1.165) is 61.3 Å². The molecule has 0 fully saturated rings. The Balaban J connectivity index is 1.03. The second-order valence-electron chi connectivity index (χ2n) is 15.6. The van der Waals surface area contributed by atoms with Crippen LogP contribution in [0.2, 0.25) is 0 Å². The Bertz CT molecular complexity index is 3310. The van der Waals surface area contributed by atoms with Crippen LogP contribution in [0.3, 0.4) is 0 Å². The number of hydrogen-bond donors (Lipinski definition) is 0. The number of furan rings is 1. The molecule has 0 saturated heterocycles. The van der Waals surface area contributed by atoms with E-state index < -0.39 is 0 Å². The fraction of sp³-hybridized carbons (Fsp3) is 0. The van der Waals surface area contributed by atoms with E-state index in [-0.39, 0.29) is 0 Å². The minimum atomic E-state index is 0.900. The molecule has 0 spiro atoms. The minimum absolute atomic E-state index is 0.900. The van der Waals surface area contributed by atoms with Crippen molar-refractivity contribution >= 4 is 39.0 Å². The maximum Gasteiger partial charge on any atom is 0.143 e. The van der Waals surface area contributed by atoms with Gasteiger partial charge in [0.1, 0.15) is 11.2 Å². The van der Waals surface area contributed by atoms with Gasteiger partial charge in [-0.2, -0.15) is 0 Å². The summed E-state index contributed by atoms with van der Waals surface area (Å²) < 4.78 is 6.46. The van der Waals surface area contributed by atoms with E-state index in [9.17, 15) is 0 Å². The third-order valence-corrected chi connectivity index (χ3v) is 12.0. The maximum absolute atomic E-state index is 6.46.